The van der Waals surface area contributed by atoms with Crippen LogP contribution in [-0.4, -0.2) is 10.9 Å². The van der Waals surface area contributed by atoms with Crippen molar-refractivity contribution in [2.45, 2.75) is 34.1 Å². The number of aryl methyl sites for hydroxylation is 2. The standard InChI is InChI=1S/C15H17FN2O2S/c1-9-6-12(4-5-13(9)18-11(3)19)20-8-15-17-10(2)14(7-16)21-15/h4-6H,7-8H2,1-3H3,(H,18,19). The van der Waals surface area contributed by atoms with E-state index < -0.39 is 6.67 Å². The van der Waals surface area contributed by atoms with E-state index in [2.05, 4.69) is 10.3 Å². The van der Waals surface area contributed by atoms with Crippen molar-refractivity contribution >= 4 is 22.9 Å². The molecule has 0 saturated heterocycles. The Morgan fingerprint density at radius 2 is 2.19 bits per heavy atom. The van der Waals surface area contributed by atoms with E-state index in [1.54, 1.807) is 19.1 Å². The van der Waals surface area contributed by atoms with E-state index >= 15 is 0 Å². The van der Waals surface area contributed by atoms with Gasteiger partial charge in [0, 0.05) is 12.6 Å². The monoisotopic (exact) mass is 308 g/mol. The van der Waals surface area contributed by atoms with Crippen LogP contribution in [0.5, 0.6) is 5.75 Å². The minimum absolute atomic E-state index is 0.108. The van der Waals surface area contributed by atoms with Crippen LogP contribution in [0.3, 0.4) is 0 Å². The largest absolute Gasteiger partial charge is 0.486 e. The lowest BCUT2D eigenvalue weighted by molar-refractivity contribution is -0.114. The second kappa shape index (κ2) is 6.67. The molecule has 1 amide bonds. The molecule has 6 heteroatoms. The van der Waals surface area contributed by atoms with Crippen molar-refractivity contribution in [3.63, 3.8) is 0 Å². The molecule has 112 valence electrons. The maximum Gasteiger partial charge on any atom is 0.221 e. The van der Waals surface area contributed by atoms with E-state index in [0.29, 0.717) is 17.2 Å². The zero-order chi connectivity index (χ0) is 15.4. The van der Waals surface area contributed by atoms with Gasteiger partial charge in [-0.3, -0.25) is 4.79 Å². The molecule has 2 rings (SSSR count). The number of alkyl halides is 1. The van der Waals surface area contributed by atoms with Crippen molar-refractivity contribution in [3.8, 4) is 5.75 Å². The number of anilines is 1. The van der Waals surface area contributed by atoms with Gasteiger partial charge in [-0.2, -0.15) is 0 Å². The van der Waals surface area contributed by atoms with Crippen LogP contribution in [-0.2, 0) is 18.1 Å². The van der Waals surface area contributed by atoms with Gasteiger partial charge in [-0.25, -0.2) is 9.37 Å². The van der Waals surface area contributed by atoms with E-state index in [1.165, 1.54) is 18.3 Å². The lowest BCUT2D eigenvalue weighted by Gasteiger charge is -2.09. The van der Waals surface area contributed by atoms with Crippen LogP contribution in [0, 0.1) is 13.8 Å². The van der Waals surface area contributed by atoms with Crippen molar-refractivity contribution < 1.29 is 13.9 Å². The highest BCUT2D eigenvalue weighted by Crippen LogP contribution is 2.24. The molecule has 0 spiro atoms. The summed E-state index contributed by atoms with van der Waals surface area (Å²) in [4.78, 5) is 16.0. The van der Waals surface area contributed by atoms with Gasteiger partial charge in [-0.15, -0.1) is 11.3 Å². The third-order valence-corrected chi connectivity index (χ3v) is 4.02. The van der Waals surface area contributed by atoms with Crippen molar-refractivity contribution in [1.29, 1.82) is 0 Å². The zero-order valence-electron chi connectivity index (χ0n) is 12.2. The summed E-state index contributed by atoms with van der Waals surface area (Å²) in [5.74, 6) is 0.583. The molecule has 2 aromatic rings. The summed E-state index contributed by atoms with van der Waals surface area (Å²) < 4.78 is 18.3. The van der Waals surface area contributed by atoms with Crippen LogP contribution < -0.4 is 10.1 Å². The second-order valence-electron chi connectivity index (χ2n) is 4.70. The molecule has 0 radical (unpaired) electrons. The number of carbonyl (C=O) groups excluding carboxylic acids is 1. The lowest BCUT2D eigenvalue weighted by Crippen LogP contribution is -2.07. The predicted molar refractivity (Wildman–Crippen MR) is 81.5 cm³/mol. The molecule has 0 bridgehead atoms. The first-order valence-electron chi connectivity index (χ1n) is 6.51. The lowest BCUT2D eigenvalue weighted by atomic mass is 10.2. The summed E-state index contributed by atoms with van der Waals surface area (Å²) in [6.45, 7) is 4.98. The van der Waals surface area contributed by atoms with Crippen LogP contribution in [0.15, 0.2) is 18.2 Å². The molecular weight excluding hydrogens is 291 g/mol. The zero-order valence-corrected chi connectivity index (χ0v) is 13.0. The van der Waals surface area contributed by atoms with Gasteiger partial charge in [0.25, 0.3) is 0 Å². The molecule has 0 fully saturated rings. The Balaban J connectivity index is 2.02. The van der Waals surface area contributed by atoms with E-state index in [4.69, 9.17) is 4.74 Å². The van der Waals surface area contributed by atoms with Crippen LogP contribution in [0.25, 0.3) is 0 Å². The summed E-state index contributed by atoms with van der Waals surface area (Å²) in [6, 6.07) is 5.43. The van der Waals surface area contributed by atoms with Crippen LogP contribution in [0.2, 0.25) is 0 Å². The number of nitrogens with one attached hydrogen (secondary N) is 1. The fourth-order valence-electron chi connectivity index (χ4n) is 1.87. The number of nitrogens with zero attached hydrogens (tertiary/aromatic N) is 1. The molecule has 1 N–H and O–H groups in total. The Kier molecular flexibility index (Phi) is 4.90. The molecule has 0 aliphatic rings. The fraction of sp³-hybridized carbons (Fsp3) is 0.333. The highest BCUT2D eigenvalue weighted by molar-refractivity contribution is 7.11. The van der Waals surface area contributed by atoms with E-state index in [9.17, 15) is 9.18 Å². The SMILES string of the molecule is CC(=O)Nc1ccc(OCc2nc(C)c(CF)s2)cc1C. The molecule has 1 aromatic heterocycles. The van der Waals surface area contributed by atoms with Gasteiger partial charge in [0.15, 0.2) is 0 Å². The van der Waals surface area contributed by atoms with Gasteiger partial charge in [0.2, 0.25) is 5.91 Å². The number of rotatable bonds is 5. The third-order valence-electron chi connectivity index (χ3n) is 2.93. The maximum absolute atomic E-state index is 12.7. The first kappa shape index (κ1) is 15.4. The van der Waals surface area contributed by atoms with Crippen molar-refractivity contribution in [1.82, 2.24) is 4.98 Å². The Bertz CT molecular complexity index is 655. The van der Waals surface area contributed by atoms with E-state index in [1.807, 2.05) is 13.0 Å². The number of hydrogen-bond acceptors (Lipinski definition) is 4. The van der Waals surface area contributed by atoms with Gasteiger partial charge in [-0.05, 0) is 37.6 Å². The van der Waals surface area contributed by atoms with Crippen LogP contribution in [0.4, 0.5) is 10.1 Å². The molecule has 0 unspecified atom stereocenters. The van der Waals surface area contributed by atoms with Gasteiger partial charge in [0.1, 0.15) is 24.0 Å². The smallest absolute Gasteiger partial charge is 0.221 e. The quantitative estimate of drug-likeness (QED) is 0.915. The maximum atomic E-state index is 12.7. The van der Waals surface area contributed by atoms with Crippen molar-refractivity contribution in [2.24, 2.45) is 0 Å². The third kappa shape index (κ3) is 4.01. The number of carbonyl (C=O) groups is 1. The topological polar surface area (TPSA) is 51.2 Å². The minimum atomic E-state index is -0.492. The van der Waals surface area contributed by atoms with Gasteiger partial charge in [-0.1, -0.05) is 0 Å². The summed E-state index contributed by atoms with van der Waals surface area (Å²) in [7, 11) is 0. The van der Waals surface area contributed by atoms with Crippen LogP contribution in [0.1, 0.15) is 28.1 Å². The van der Waals surface area contributed by atoms with E-state index in [0.717, 1.165) is 22.0 Å². The van der Waals surface area contributed by atoms with Crippen LogP contribution >= 0.6 is 11.3 Å². The van der Waals surface area contributed by atoms with Gasteiger partial charge < -0.3 is 10.1 Å². The number of aromatic nitrogens is 1. The predicted octanol–water partition coefficient (Wildman–Crippen LogP) is 3.77. The molecule has 0 atom stereocenters. The summed E-state index contributed by atoms with van der Waals surface area (Å²) in [5.41, 5.74) is 2.40. The first-order chi connectivity index (χ1) is 9.99. The first-order valence-corrected chi connectivity index (χ1v) is 7.33. The normalized spacial score (nSPS) is 10.5. The molecule has 0 aliphatic carbocycles. The molecule has 21 heavy (non-hydrogen) atoms. The molecule has 1 aromatic carbocycles. The van der Waals surface area contributed by atoms with Gasteiger partial charge in [0.05, 0.1) is 10.6 Å². The Labute approximate surface area is 127 Å². The number of amides is 1. The molecular formula is C15H17FN2O2S. The number of ether oxygens (including phenoxy) is 1. The highest BCUT2D eigenvalue weighted by atomic mass is 32.1. The number of halogens is 1. The molecule has 0 saturated carbocycles. The molecule has 0 aliphatic heterocycles. The molecule has 1 heterocycles. The average molecular weight is 308 g/mol. The Morgan fingerprint density at radius 1 is 1.43 bits per heavy atom. The average Bonchev–Trinajstić information content (AvgIpc) is 2.79. The second-order valence-corrected chi connectivity index (χ2v) is 5.86. The summed E-state index contributed by atoms with van der Waals surface area (Å²) >= 11 is 1.33. The number of thiazole rings is 1. The van der Waals surface area contributed by atoms with Crippen molar-refractivity contribution in [2.75, 3.05) is 5.32 Å². The Hall–Kier alpha value is -1.95. The van der Waals surface area contributed by atoms with E-state index in [-0.39, 0.29) is 5.91 Å². The molecule has 4 nitrogen and oxygen atoms in total. The fourth-order valence-corrected chi connectivity index (χ4v) is 2.71. The highest BCUT2D eigenvalue weighted by Gasteiger charge is 2.08. The summed E-state index contributed by atoms with van der Waals surface area (Å²) in [5, 5.41) is 3.50. The number of benzene rings is 1. The number of hydrogen-bond donors (Lipinski definition) is 1. The Morgan fingerprint density at radius 3 is 2.76 bits per heavy atom. The summed E-state index contributed by atoms with van der Waals surface area (Å²) in [6.07, 6.45) is 0. The minimum Gasteiger partial charge on any atom is -0.486 e. The van der Waals surface area contributed by atoms with Gasteiger partial charge >= 0.3 is 0 Å². The van der Waals surface area contributed by atoms with Crippen molar-refractivity contribution in [3.05, 3.63) is 39.3 Å².